The first-order valence-electron chi connectivity index (χ1n) is 6.70. The summed E-state index contributed by atoms with van der Waals surface area (Å²) < 4.78 is 26.2. The second kappa shape index (κ2) is 5.81. The monoisotopic (exact) mass is 327 g/mol. The van der Waals surface area contributed by atoms with Crippen LogP contribution in [0.3, 0.4) is 0 Å². The predicted molar refractivity (Wildman–Crippen MR) is 82.7 cm³/mol. The molecule has 0 fully saturated rings. The molecule has 0 spiro atoms. The molecule has 0 aromatic heterocycles. The van der Waals surface area contributed by atoms with Crippen LogP contribution in [-0.2, 0) is 14.8 Å². The number of carbonyl (C=O) groups excluding carboxylic acids is 1. The minimum Gasteiger partial charge on any atom is -0.268 e. The lowest BCUT2D eigenvalue weighted by Gasteiger charge is -2.18. The average molecular weight is 328 g/mol. The van der Waals surface area contributed by atoms with Gasteiger partial charge in [0.2, 0.25) is 0 Å². The number of nitrogens with zero attached hydrogens (tertiary/aromatic N) is 1. The van der Waals surface area contributed by atoms with Crippen molar-refractivity contribution < 1.29 is 13.2 Å². The number of hydrogen-bond donors (Lipinski definition) is 0. The molecule has 0 N–H and O–H groups in total. The van der Waals surface area contributed by atoms with Crippen LogP contribution in [-0.4, -0.2) is 31.1 Å². The second-order valence-electron chi connectivity index (χ2n) is 5.44. The van der Waals surface area contributed by atoms with E-state index in [1.807, 2.05) is 20.8 Å². The van der Waals surface area contributed by atoms with Crippen molar-refractivity contribution in [2.45, 2.75) is 25.7 Å². The molecule has 114 valence electrons. The van der Waals surface area contributed by atoms with E-state index in [2.05, 4.69) is 0 Å². The van der Waals surface area contributed by atoms with Gasteiger partial charge in [-0.05, 0) is 30.5 Å². The van der Waals surface area contributed by atoms with Crippen LogP contribution in [0.4, 0.5) is 0 Å². The number of benzene rings is 1. The van der Waals surface area contributed by atoms with E-state index in [0.717, 1.165) is 9.87 Å². The Morgan fingerprint density at radius 3 is 2.24 bits per heavy atom. The Morgan fingerprint density at radius 1 is 1.24 bits per heavy atom. The molecule has 0 radical (unpaired) electrons. The van der Waals surface area contributed by atoms with Gasteiger partial charge in [0, 0.05) is 11.5 Å². The summed E-state index contributed by atoms with van der Waals surface area (Å²) in [5, 5.41) is 0. The van der Waals surface area contributed by atoms with Crippen LogP contribution in [0.15, 0.2) is 40.3 Å². The van der Waals surface area contributed by atoms with Gasteiger partial charge in [0.25, 0.3) is 15.9 Å². The Balaban J connectivity index is 2.40. The highest BCUT2D eigenvalue weighted by atomic mass is 35.5. The zero-order chi connectivity index (χ0) is 15.8. The van der Waals surface area contributed by atoms with Crippen molar-refractivity contribution in [3.8, 4) is 0 Å². The molecule has 1 aliphatic heterocycles. The highest BCUT2D eigenvalue weighted by molar-refractivity contribution is 7.89. The third kappa shape index (κ3) is 2.85. The zero-order valence-corrected chi connectivity index (χ0v) is 13.8. The first-order chi connectivity index (χ1) is 9.78. The van der Waals surface area contributed by atoms with Gasteiger partial charge >= 0.3 is 0 Å². The zero-order valence-electron chi connectivity index (χ0n) is 12.3. The van der Waals surface area contributed by atoms with Crippen molar-refractivity contribution in [1.29, 1.82) is 0 Å². The van der Waals surface area contributed by atoms with E-state index < -0.39 is 15.9 Å². The fourth-order valence-corrected chi connectivity index (χ4v) is 4.02. The van der Waals surface area contributed by atoms with Crippen molar-refractivity contribution in [3.05, 3.63) is 41.0 Å². The standard InChI is InChI=1S/C15H18ClNO3S/c1-10(2)14-12(8-16)9-17(15(14)18)21(19,20)13-6-4-11(3)5-7-13/h4-7,10H,8-9H2,1-3H3. The van der Waals surface area contributed by atoms with Gasteiger partial charge < -0.3 is 0 Å². The largest absolute Gasteiger partial charge is 0.268 e. The highest BCUT2D eigenvalue weighted by Crippen LogP contribution is 2.30. The molecule has 1 aromatic carbocycles. The van der Waals surface area contributed by atoms with E-state index in [4.69, 9.17) is 11.6 Å². The van der Waals surface area contributed by atoms with Gasteiger partial charge in [-0.15, -0.1) is 11.6 Å². The number of halogens is 1. The summed E-state index contributed by atoms with van der Waals surface area (Å²) in [6, 6.07) is 6.47. The Bertz CT molecular complexity index is 690. The lowest BCUT2D eigenvalue weighted by atomic mass is 10.0. The number of aryl methyl sites for hydroxylation is 1. The summed E-state index contributed by atoms with van der Waals surface area (Å²) in [4.78, 5) is 12.6. The van der Waals surface area contributed by atoms with Gasteiger partial charge in [-0.25, -0.2) is 12.7 Å². The molecule has 4 nitrogen and oxygen atoms in total. The maximum absolute atomic E-state index is 12.6. The molecular formula is C15H18ClNO3S. The highest BCUT2D eigenvalue weighted by Gasteiger charge is 2.39. The van der Waals surface area contributed by atoms with Crippen molar-refractivity contribution in [2.24, 2.45) is 5.92 Å². The average Bonchev–Trinajstić information content (AvgIpc) is 2.76. The van der Waals surface area contributed by atoms with Crippen LogP contribution >= 0.6 is 11.6 Å². The van der Waals surface area contributed by atoms with Gasteiger partial charge in [-0.2, -0.15) is 0 Å². The van der Waals surface area contributed by atoms with Crippen molar-refractivity contribution in [1.82, 2.24) is 4.31 Å². The maximum Gasteiger partial charge on any atom is 0.267 e. The number of hydrogen-bond acceptors (Lipinski definition) is 3. The molecule has 0 atom stereocenters. The first-order valence-corrected chi connectivity index (χ1v) is 8.68. The van der Waals surface area contributed by atoms with Gasteiger partial charge in [-0.1, -0.05) is 31.5 Å². The van der Waals surface area contributed by atoms with E-state index in [1.54, 1.807) is 12.1 Å². The molecule has 0 unspecified atom stereocenters. The van der Waals surface area contributed by atoms with Crippen LogP contribution in [0.25, 0.3) is 0 Å². The van der Waals surface area contributed by atoms with Crippen LogP contribution in [0.5, 0.6) is 0 Å². The predicted octanol–water partition coefficient (Wildman–Crippen LogP) is 2.72. The lowest BCUT2D eigenvalue weighted by molar-refractivity contribution is -0.121. The number of rotatable bonds is 4. The molecule has 21 heavy (non-hydrogen) atoms. The van der Waals surface area contributed by atoms with Gasteiger partial charge in [-0.3, -0.25) is 4.79 Å². The first kappa shape index (κ1) is 16.0. The Hall–Kier alpha value is -1.33. The van der Waals surface area contributed by atoms with Crippen molar-refractivity contribution in [2.75, 3.05) is 12.4 Å². The molecular weight excluding hydrogens is 310 g/mol. The van der Waals surface area contributed by atoms with Crippen molar-refractivity contribution in [3.63, 3.8) is 0 Å². The Kier molecular flexibility index (Phi) is 4.44. The minimum atomic E-state index is -3.83. The summed E-state index contributed by atoms with van der Waals surface area (Å²) in [7, 11) is -3.83. The third-order valence-corrected chi connectivity index (χ3v) is 5.59. The van der Waals surface area contributed by atoms with E-state index in [0.29, 0.717) is 11.1 Å². The fourth-order valence-electron chi connectivity index (χ4n) is 2.42. The number of sulfonamides is 1. The third-order valence-electron chi connectivity index (χ3n) is 3.52. The minimum absolute atomic E-state index is 0.0477. The number of carbonyl (C=O) groups is 1. The number of alkyl halides is 1. The molecule has 0 saturated carbocycles. The van der Waals surface area contributed by atoms with Crippen LogP contribution in [0.2, 0.25) is 0 Å². The summed E-state index contributed by atoms with van der Waals surface area (Å²) in [5.41, 5.74) is 2.16. The van der Waals surface area contributed by atoms with E-state index in [9.17, 15) is 13.2 Å². The molecule has 6 heteroatoms. The molecule has 1 amide bonds. The normalized spacial score (nSPS) is 16.2. The summed E-state index contributed by atoms with van der Waals surface area (Å²) in [6.45, 7) is 5.65. The Morgan fingerprint density at radius 2 is 1.81 bits per heavy atom. The smallest absolute Gasteiger partial charge is 0.267 e. The molecule has 1 aliphatic rings. The molecule has 0 aliphatic carbocycles. The number of amides is 1. The van der Waals surface area contributed by atoms with Crippen LogP contribution in [0.1, 0.15) is 19.4 Å². The molecule has 1 heterocycles. The quantitative estimate of drug-likeness (QED) is 0.799. The summed E-state index contributed by atoms with van der Waals surface area (Å²) in [5.74, 6) is -0.343. The maximum atomic E-state index is 12.6. The van der Waals surface area contributed by atoms with Crippen molar-refractivity contribution >= 4 is 27.5 Å². The topological polar surface area (TPSA) is 54.5 Å². The SMILES string of the molecule is Cc1ccc(S(=O)(=O)N2CC(CCl)=C(C(C)C)C2=O)cc1. The van der Waals surface area contributed by atoms with Crippen LogP contribution < -0.4 is 0 Å². The Labute approximate surface area is 130 Å². The van der Waals surface area contributed by atoms with E-state index in [-0.39, 0.29) is 23.2 Å². The van der Waals surface area contributed by atoms with Gasteiger partial charge in [0.15, 0.2) is 0 Å². The second-order valence-corrected chi connectivity index (χ2v) is 7.57. The molecule has 0 bridgehead atoms. The fraction of sp³-hybridized carbons (Fsp3) is 0.400. The lowest BCUT2D eigenvalue weighted by Crippen LogP contribution is -2.34. The molecule has 2 rings (SSSR count). The van der Waals surface area contributed by atoms with E-state index in [1.165, 1.54) is 12.1 Å². The summed E-state index contributed by atoms with van der Waals surface area (Å²) >= 11 is 5.86. The summed E-state index contributed by atoms with van der Waals surface area (Å²) in [6.07, 6.45) is 0. The van der Waals surface area contributed by atoms with Gasteiger partial charge in [0.1, 0.15) is 0 Å². The van der Waals surface area contributed by atoms with E-state index >= 15 is 0 Å². The van der Waals surface area contributed by atoms with Gasteiger partial charge in [0.05, 0.1) is 11.4 Å². The molecule has 0 saturated heterocycles. The van der Waals surface area contributed by atoms with Crippen LogP contribution in [0, 0.1) is 12.8 Å². The molecule has 1 aromatic rings.